The van der Waals surface area contributed by atoms with Gasteiger partial charge in [0.25, 0.3) is 0 Å². The summed E-state index contributed by atoms with van der Waals surface area (Å²) in [6.07, 6.45) is 1.79. The first-order valence-corrected chi connectivity index (χ1v) is 7.74. The lowest BCUT2D eigenvalue weighted by Crippen LogP contribution is -2.35. The van der Waals surface area contributed by atoms with E-state index in [0.29, 0.717) is 5.57 Å². The Morgan fingerprint density at radius 3 is 2.68 bits per heavy atom. The van der Waals surface area contributed by atoms with Crippen LogP contribution in [-0.2, 0) is 11.3 Å². The molecule has 116 valence electrons. The maximum absolute atomic E-state index is 9.14. The van der Waals surface area contributed by atoms with E-state index in [1.54, 1.807) is 6.08 Å². The third-order valence-electron chi connectivity index (χ3n) is 3.88. The molecule has 0 atom stereocenters. The first-order chi connectivity index (χ1) is 10.5. The minimum absolute atomic E-state index is 0.137. The van der Waals surface area contributed by atoms with Crippen molar-refractivity contribution in [2.75, 3.05) is 26.3 Å². The van der Waals surface area contributed by atoms with E-state index in [4.69, 9.17) is 28.0 Å². The molecule has 1 fully saturated rings. The summed E-state index contributed by atoms with van der Waals surface area (Å²) in [5.41, 5.74) is 10.6. The van der Waals surface area contributed by atoms with Gasteiger partial charge < -0.3 is 10.5 Å². The summed E-state index contributed by atoms with van der Waals surface area (Å²) < 4.78 is 5.39. The summed E-state index contributed by atoms with van der Waals surface area (Å²) in [4.78, 5) is 2.52. The average molecular weight is 315 g/mol. The number of ether oxygens (including phenoxy) is 1. The number of benzene rings is 1. The Morgan fingerprint density at radius 1 is 1.41 bits per heavy atom. The van der Waals surface area contributed by atoms with E-state index in [1.807, 2.05) is 0 Å². The minimum Gasteiger partial charge on any atom is -0.389 e. The SMILES string of the molecule is Cc1cc(C=C(C#N)C(N)=S)c(C)c(CN2CCOCC2)c1. The molecule has 0 aliphatic carbocycles. The van der Waals surface area contributed by atoms with Crippen LogP contribution in [0.2, 0.25) is 0 Å². The molecule has 1 aromatic rings. The van der Waals surface area contributed by atoms with Crippen molar-refractivity contribution in [2.24, 2.45) is 5.73 Å². The van der Waals surface area contributed by atoms with Gasteiger partial charge in [0.15, 0.2) is 0 Å². The van der Waals surface area contributed by atoms with Crippen LogP contribution in [-0.4, -0.2) is 36.2 Å². The predicted molar refractivity (Wildman–Crippen MR) is 92.4 cm³/mol. The molecule has 1 heterocycles. The van der Waals surface area contributed by atoms with Gasteiger partial charge >= 0.3 is 0 Å². The Hall–Kier alpha value is -1.74. The summed E-state index contributed by atoms with van der Waals surface area (Å²) >= 11 is 4.92. The fourth-order valence-corrected chi connectivity index (χ4v) is 2.70. The number of nitriles is 1. The lowest BCUT2D eigenvalue weighted by atomic mass is 9.97. The van der Waals surface area contributed by atoms with Gasteiger partial charge in [-0.1, -0.05) is 29.9 Å². The molecule has 22 heavy (non-hydrogen) atoms. The number of hydrogen-bond donors (Lipinski definition) is 1. The van der Waals surface area contributed by atoms with Gasteiger partial charge in [0, 0.05) is 19.6 Å². The maximum Gasteiger partial charge on any atom is 0.114 e. The van der Waals surface area contributed by atoms with Gasteiger partial charge in [0.2, 0.25) is 0 Å². The van der Waals surface area contributed by atoms with Gasteiger partial charge in [0.1, 0.15) is 11.1 Å². The van der Waals surface area contributed by atoms with Gasteiger partial charge in [-0.3, -0.25) is 4.90 Å². The summed E-state index contributed by atoms with van der Waals surface area (Å²) in [5.74, 6) is 0. The van der Waals surface area contributed by atoms with Crippen molar-refractivity contribution in [3.8, 4) is 6.07 Å². The molecule has 4 nitrogen and oxygen atoms in total. The topological polar surface area (TPSA) is 62.3 Å². The first kappa shape index (κ1) is 16.6. The molecular weight excluding hydrogens is 294 g/mol. The third-order valence-corrected chi connectivity index (χ3v) is 4.10. The Morgan fingerprint density at radius 2 is 2.09 bits per heavy atom. The van der Waals surface area contributed by atoms with Crippen LogP contribution in [0.4, 0.5) is 0 Å². The zero-order valence-electron chi connectivity index (χ0n) is 13.1. The number of thiocarbonyl (C=S) groups is 1. The molecule has 0 radical (unpaired) electrons. The van der Waals surface area contributed by atoms with Crippen LogP contribution in [0.3, 0.4) is 0 Å². The van der Waals surface area contributed by atoms with E-state index in [9.17, 15) is 0 Å². The summed E-state index contributed by atoms with van der Waals surface area (Å²) in [6, 6.07) is 6.33. The van der Waals surface area contributed by atoms with Gasteiger partial charge in [-0.2, -0.15) is 5.26 Å². The zero-order chi connectivity index (χ0) is 16.1. The fourth-order valence-electron chi connectivity index (χ4n) is 2.59. The standard InChI is InChI=1S/C17H21N3OS/c1-12-7-14(9-15(10-18)17(19)22)13(2)16(8-12)11-20-3-5-21-6-4-20/h7-9H,3-6,11H2,1-2H3,(H2,19,22). The van der Waals surface area contributed by atoms with Crippen molar-refractivity contribution >= 4 is 23.3 Å². The quantitative estimate of drug-likeness (QED) is 0.525. The molecule has 1 aliphatic heterocycles. The molecule has 5 heteroatoms. The fraction of sp³-hybridized carbons (Fsp3) is 0.412. The van der Waals surface area contributed by atoms with Crippen LogP contribution >= 0.6 is 12.2 Å². The number of nitrogens with zero attached hydrogens (tertiary/aromatic N) is 2. The molecule has 2 N–H and O–H groups in total. The molecule has 0 saturated carbocycles. The van der Waals surface area contributed by atoms with Crippen molar-refractivity contribution in [1.82, 2.24) is 4.90 Å². The zero-order valence-corrected chi connectivity index (χ0v) is 13.9. The van der Waals surface area contributed by atoms with Crippen molar-refractivity contribution in [1.29, 1.82) is 5.26 Å². The lowest BCUT2D eigenvalue weighted by Gasteiger charge is -2.27. The second-order valence-corrected chi connectivity index (χ2v) is 6.00. The van der Waals surface area contributed by atoms with Crippen LogP contribution in [0.5, 0.6) is 0 Å². The summed E-state index contributed by atoms with van der Waals surface area (Å²) in [7, 11) is 0. The number of aryl methyl sites for hydroxylation is 1. The average Bonchev–Trinajstić information content (AvgIpc) is 2.49. The highest BCUT2D eigenvalue weighted by Gasteiger charge is 2.13. The molecular formula is C17H21N3OS. The lowest BCUT2D eigenvalue weighted by molar-refractivity contribution is 0.0341. The monoisotopic (exact) mass is 315 g/mol. The molecule has 0 unspecified atom stereocenters. The molecule has 2 rings (SSSR count). The summed E-state index contributed by atoms with van der Waals surface area (Å²) in [5, 5.41) is 9.14. The van der Waals surface area contributed by atoms with Crippen LogP contribution in [0, 0.1) is 25.2 Å². The van der Waals surface area contributed by atoms with E-state index < -0.39 is 0 Å². The molecule has 0 amide bonds. The Kier molecular flexibility index (Phi) is 5.67. The van der Waals surface area contributed by atoms with Crippen molar-refractivity contribution < 1.29 is 4.74 Å². The van der Waals surface area contributed by atoms with Crippen LogP contribution in [0.25, 0.3) is 6.08 Å². The predicted octanol–water partition coefficient (Wildman–Crippen LogP) is 2.33. The molecule has 1 saturated heterocycles. The first-order valence-electron chi connectivity index (χ1n) is 7.33. The van der Waals surface area contributed by atoms with Crippen molar-refractivity contribution in [2.45, 2.75) is 20.4 Å². The highest BCUT2D eigenvalue weighted by Crippen LogP contribution is 2.21. The number of morpholine rings is 1. The molecule has 1 aliphatic rings. The molecule has 0 spiro atoms. The van der Waals surface area contributed by atoms with Crippen LogP contribution in [0.15, 0.2) is 17.7 Å². The minimum atomic E-state index is 0.137. The number of nitrogens with two attached hydrogens (primary N) is 1. The highest BCUT2D eigenvalue weighted by atomic mass is 32.1. The van der Waals surface area contributed by atoms with E-state index in [-0.39, 0.29) is 4.99 Å². The number of rotatable bonds is 4. The Bertz CT molecular complexity index is 640. The van der Waals surface area contributed by atoms with E-state index >= 15 is 0 Å². The van der Waals surface area contributed by atoms with Crippen molar-refractivity contribution in [3.05, 3.63) is 40.0 Å². The maximum atomic E-state index is 9.14. The summed E-state index contributed by atoms with van der Waals surface area (Å²) in [6.45, 7) is 8.52. The third kappa shape index (κ3) is 4.14. The van der Waals surface area contributed by atoms with Gasteiger partial charge in [-0.15, -0.1) is 0 Å². The molecule has 1 aromatic carbocycles. The normalized spacial score (nSPS) is 16.3. The van der Waals surface area contributed by atoms with Gasteiger partial charge in [0.05, 0.1) is 18.8 Å². The van der Waals surface area contributed by atoms with E-state index in [2.05, 4.69) is 36.9 Å². The van der Waals surface area contributed by atoms with Crippen LogP contribution < -0.4 is 5.73 Å². The van der Waals surface area contributed by atoms with Gasteiger partial charge in [-0.05, 0) is 36.6 Å². The Balaban J connectivity index is 2.32. The van der Waals surface area contributed by atoms with Crippen LogP contribution in [0.1, 0.15) is 22.3 Å². The molecule has 0 bridgehead atoms. The van der Waals surface area contributed by atoms with Crippen molar-refractivity contribution in [3.63, 3.8) is 0 Å². The largest absolute Gasteiger partial charge is 0.389 e. The smallest absolute Gasteiger partial charge is 0.114 e. The molecule has 0 aromatic heterocycles. The van der Waals surface area contributed by atoms with E-state index in [0.717, 1.165) is 38.4 Å². The Labute approximate surface area is 137 Å². The highest BCUT2D eigenvalue weighted by molar-refractivity contribution is 7.80. The second-order valence-electron chi connectivity index (χ2n) is 5.56. The van der Waals surface area contributed by atoms with Gasteiger partial charge in [-0.25, -0.2) is 0 Å². The second kappa shape index (κ2) is 7.50. The van der Waals surface area contributed by atoms with E-state index in [1.165, 1.54) is 16.7 Å². The number of hydrogen-bond acceptors (Lipinski definition) is 4.